The van der Waals surface area contributed by atoms with Gasteiger partial charge in [-0.15, -0.1) is 0 Å². The predicted octanol–water partition coefficient (Wildman–Crippen LogP) is 3.54. The molecule has 0 amide bonds. The van der Waals surface area contributed by atoms with E-state index in [1.54, 1.807) is 6.21 Å². The lowest BCUT2D eigenvalue weighted by Crippen LogP contribution is -2.62. The number of allylic oxidation sites excluding steroid dienone is 2. The standard InChI is InChI=1S/C24H40N4O2/c1-15(14-27-28-21(25)26)12-17-6-11-24(30)20-5-4-16-13-18(29)7-9-22(16,2)19(20)8-10-23(17,24)3/h12,14,16-20,29-30H,4-11,13H2,1-3H3,(H4,25,26,28)/t16-,17-,18+,19+,20-,22+,23-,24+/m1/s1. The van der Waals surface area contributed by atoms with Crippen LogP contribution in [0.1, 0.15) is 78.6 Å². The molecule has 0 spiro atoms. The van der Waals surface area contributed by atoms with Crippen molar-refractivity contribution in [1.29, 1.82) is 5.41 Å². The number of hydrazone groups is 1. The highest BCUT2D eigenvalue weighted by molar-refractivity contribution is 5.80. The highest BCUT2D eigenvalue weighted by Gasteiger charge is 2.66. The van der Waals surface area contributed by atoms with E-state index in [1.807, 2.05) is 6.92 Å². The molecule has 0 aromatic carbocycles. The van der Waals surface area contributed by atoms with Gasteiger partial charge in [0.1, 0.15) is 0 Å². The number of nitrogens with zero attached hydrogens (tertiary/aromatic N) is 1. The van der Waals surface area contributed by atoms with E-state index in [-0.39, 0.29) is 22.9 Å². The first-order valence-corrected chi connectivity index (χ1v) is 11.8. The van der Waals surface area contributed by atoms with E-state index in [0.29, 0.717) is 23.7 Å². The van der Waals surface area contributed by atoms with E-state index in [9.17, 15) is 10.2 Å². The van der Waals surface area contributed by atoms with E-state index in [2.05, 4.69) is 30.5 Å². The number of aliphatic hydroxyl groups is 2. The molecule has 6 heteroatoms. The van der Waals surface area contributed by atoms with Gasteiger partial charge in [0.2, 0.25) is 5.96 Å². The number of hydrogen-bond donors (Lipinski definition) is 5. The fourth-order valence-corrected chi connectivity index (χ4v) is 8.08. The van der Waals surface area contributed by atoms with Gasteiger partial charge in [0.15, 0.2) is 0 Å². The Bertz CT molecular complexity index is 751. The quantitative estimate of drug-likeness (QED) is 0.275. The van der Waals surface area contributed by atoms with Crippen LogP contribution in [0.3, 0.4) is 0 Å². The third-order valence-electron chi connectivity index (χ3n) is 9.81. The van der Waals surface area contributed by atoms with Crippen molar-refractivity contribution in [1.82, 2.24) is 5.43 Å². The summed E-state index contributed by atoms with van der Waals surface area (Å²) < 4.78 is 0. The van der Waals surface area contributed by atoms with E-state index in [4.69, 9.17) is 11.1 Å². The summed E-state index contributed by atoms with van der Waals surface area (Å²) in [4.78, 5) is 0. The zero-order valence-electron chi connectivity index (χ0n) is 18.8. The van der Waals surface area contributed by atoms with Gasteiger partial charge in [-0.05, 0) is 99.4 Å². The van der Waals surface area contributed by atoms with Crippen molar-refractivity contribution < 1.29 is 10.2 Å². The summed E-state index contributed by atoms with van der Waals surface area (Å²) in [6.07, 6.45) is 13.2. The Morgan fingerprint density at radius 3 is 2.60 bits per heavy atom. The molecule has 4 rings (SSSR count). The molecule has 4 aliphatic carbocycles. The average molecular weight is 417 g/mol. The first-order valence-electron chi connectivity index (χ1n) is 11.8. The van der Waals surface area contributed by atoms with Crippen molar-refractivity contribution in [3.05, 3.63) is 11.6 Å². The van der Waals surface area contributed by atoms with Crippen LogP contribution in [0.15, 0.2) is 16.8 Å². The summed E-state index contributed by atoms with van der Waals surface area (Å²) in [7, 11) is 0. The smallest absolute Gasteiger partial charge is 0.206 e. The first-order chi connectivity index (χ1) is 14.1. The lowest BCUT2D eigenvalue weighted by atomic mass is 9.43. The highest BCUT2D eigenvalue weighted by atomic mass is 16.3. The summed E-state index contributed by atoms with van der Waals surface area (Å²) in [5, 5.41) is 33.6. The fourth-order valence-electron chi connectivity index (χ4n) is 8.08. The van der Waals surface area contributed by atoms with Crippen LogP contribution in [-0.4, -0.2) is 34.1 Å². The van der Waals surface area contributed by atoms with Crippen molar-refractivity contribution in [2.75, 3.05) is 0 Å². The summed E-state index contributed by atoms with van der Waals surface area (Å²) >= 11 is 0. The van der Waals surface area contributed by atoms with Crippen molar-refractivity contribution >= 4 is 12.2 Å². The van der Waals surface area contributed by atoms with Crippen LogP contribution in [0.4, 0.5) is 0 Å². The molecular formula is C24H40N4O2. The first kappa shape index (κ1) is 21.8. The average Bonchev–Trinajstić information content (AvgIpc) is 2.93. The van der Waals surface area contributed by atoms with E-state index in [0.717, 1.165) is 56.9 Å². The number of hydrogen-bond acceptors (Lipinski definition) is 4. The molecule has 6 N–H and O–H groups in total. The highest BCUT2D eigenvalue weighted by Crippen LogP contribution is 2.69. The number of fused-ring (bicyclic) bond motifs is 5. The molecule has 30 heavy (non-hydrogen) atoms. The van der Waals surface area contributed by atoms with Gasteiger partial charge < -0.3 is 15.9 Å². The van der Waals surface area contributed by atoms with Crippen LogP contribution in [-0.2, 0) is 0 Å². The number of nitrogens with two attached hydrogens (primary N) is 1. The lowest BCUT2D eigenvalue weighted by molar-refractivity contribution is -0.207. The summed E-state index contributed by atoms with van der Waals surface area (Å²) in [5.41, 5.74) is 8.36. The van der Waals surface area contributed by atoms with Crippen LogP contribution in [0.25, 0.3) is 0 Å². The third kappa shape index (κ3) is 3.31. The van der Waals surface area contributed by atoms with Crippen molar-refractivity contribution in [3.8, 4) is 0 Å². The molecule has 0 saturated heterocycles. The summed E-state index contributed by atoms with van der Waals surface area (Å²) in [6.45, 7) is 6.80. The van der Waals surface area contributed by atoms with Gasteiger partial charge >= 0.3 is 0 Å². The molecule has 168 valence electrons. The van der Waals surface area contributed by atoms with Gasteiger partial charge in [-0.3, -0.25) is 5.41 Å². The van der Waals surface area contributed by atoms with Gasteiger partial charge in [0, 0.05) is 11.6 Å². The minimum absolute atomic E-state index is 0.103. The zero-order chi connectivity index (χ0) is 21.7. The van der Waals surface area contributed by atoms with Crippen molar-refractivity contribution in [2.24, 2.45) is 45.3 Å². The normalized spacial score (nSPS) is 48.7. The Kier molecular flexibility index (Phi) is 5.55. The Morgan fingerprint density at radius 1 is 1.10 bits per heavy atom. The second-order valence-corrected chi connectivity index (χ2v) is 11.1. The molecule has 0 unspecified atom stereocenters. The maximum atomic E-state index is 12.2. The molecule has 4 fully saturated rings. The fraction of sp³-hybridized carbons (Fsp3) is 0.833. The molecule has 4 aliphatic rings. The van der Waals surface area contributed by atoms with Gasteiger partial charge in [-0.2, -0.15) is 5.10 Å². The monoisotopic (exact) mass is 416 g/mol. The minimum atomic E-state index is -0.601. The lowest BCUT2D eigenvalue weighted by Gasteiger charge is -2.63. The molecular weight excluding hydrogens is 376 g/mol. The van der Waals surface area contributed by atoms with Gasteiger partial charge in [-0.25, -0.2) is 5.43 Å². The molecule has 0 aliphatic heterocycles. The Morgan fingerprint density at radius 2 is 1.87 bits per heavy atom. The maximum absolute atomic E-state index is 12.2. The van der Waals surface area contributed by atoms with Gasteiger partial charge in [0.25, 0.3) is 0 Å². The molecule has 0 radical (unpaired) electrons. The third-order valence-corrected chi connectivity index (χ3v) is 9.81. The summed E-state index contributed by atoms with van der Waals surface area (Å²) in [5.74, 6) is 1.73. The molecule has 0 aromatic rings. The minimum Gasteiger partial charge on any atom is -0.393 e. The van der Waals surface area contributed by atoms with Crippen molar-refractivity contribution in [2.45, 2.75) is 90.3 Å². The molecule has 4 saturated carbocycles. The topological polar surface area (TPSA) is 115 Å². The molecule has 0 bridgehead atoms. The van der Waals surface area contributed by atoms with Crippen LogP contribution < -0.4 is 11.2 Å². The number of guanidine groups is 1. The number of rotatable bonds is 3. The Labute approximate surface area is 180 Å². The zero-order valence-corrected chi connectivity index (χ0v) is 18.8. The second kappa shape index (κ2) is 7.63. The molecule has 8 atom stereocenters. The molecule has 0 aromatic heterocycles. The van der Waals surface area contributed by atoms with E-state index < -0.39 is 5.60 Å². The second-order valence-electron chi connectivity index (χ2n) is 11.1. The van der Waals surface area contributed by atoms with Crippen LogP contribution >= 0.6 is 0 Å². The molecule has 0 heterocycles. The van der Waals surface area contributed by atoms with E-state index in [1.165, 1.54) is 6.42 Å². The maximum Gasteiger partial charge on any atom is 0.206 e. The van der Waals surface area contributed by atoms with Crippen LogP contribution in [0.2, 0.25) is 0 Å². The van der Waals surface area contributed by atoms with Crippen LogP contribution in [0.5, 0.6) is 0 Å². The largest absolute Gasteiger partial charge is 0.393 e. The van der Waals surface area contributed by atoms with E-state index >= 15 is 0 Å². The Balaban J connectivity index is 1.56. The Hall–Kier alpha value is -1.40. The SMILES string of the molecule is CC(C=NNC(=N)N)=C[C@H]1CC[C@]2(O)[C@@H]3CC[C@@H]4C[C@@H](O)CC[C@]4(C)[C@H]3CC[C@]12C. The molecule has 6 nitrogen and oxygen atoms in total. The van der Waals surface area contributed by atoms with Gasteiger partial charge in [-0.1, -0.05) is 19.9 Å². The summed E-state index contributed by atoms with van der Waals surface area (Å²) in [6, 6.07) is 0. The number of aliphatic hydroxyl groups excluding tert-OH is 1. The van der Waals surface area contributed by atoms with Gasteiger partial charge in [0.05, 0.1) is 11.7 Å². The van der Waals surface area contributed by atoms with Crippen LogP contribution in [0, 0.1) is 39.9 Å². The number of nitrogens with one attached hydrogen (secondary N) is 2. The predicted molar refractivity (Wildman–Crippen MR) is 120 cm³/mol. The van der Waals surface area contributed by atoms with Crippen molar-refractivity contribution in [3.63, 3.8) is 0 Å².